The van der Waals surface area contributed by atoms with Gasteiger partial charge in [0.25, 0.3) is 10.0 Å². The highest BCUT2D eigenvalue weighted by Crippen LogP contribution is 2.34. The van der Waals surface area contributed by atoms with E-state index in [1.54, 1.807) is 43.5 Å². The number of aryl methyl sites for hydroxylation is 1. The lowest BCUT2D eigenvalue weighted by atomic mass is 9.95. The van der Waals surface area contributed by atoms with Crippen LogP contribution in [-0.4, -0.2) is 65.1 Å². The van der Waals surface area contributed by atoms with E-state index in [0.717, 1.165) is 47.5 Å². The van der Waals surface area contributed by atoms with E-state index >= 15 is 0 Å². The number of carbonyl (C=O) groups excluding carboxylic acids is 2. The molecule has 0 saturated heterocycles. The van der Waals surface area contributed by atoms with Crippen molar-refractivity contribution < 1.29 is 32.2 Å². The standard InChI is InChI=1S/C35H45N3O7S/c1-6-31(35(40)36-27-10-8-7-9-11-27)37(23-26-14-17-29(43-3)18-15-26)34(39)24-38(28-16-21-32(44-4)33(22-28)45-5)46(41,42)30-19-12-25(2)13-20-30/h12-22,27,31H,6-11,23-24H2,1-5H3,(H,36,40)/t31-/m1/s1. The fraction of sp³-hybridized carbons (Fsp3) is 0.429. The van der Waals surface area contributed by atoms with Gasteiger partial charge in [-0.15, -0.1) is 0 Å². The van der Waals surface area contributed by atoms with E-state index in [0.29, 0.717) is 23.7 Å². The van der Waals surface area contributed by atoms with E-state index in [1.165, 1.54) is 37.3 Å². The lowest BCUT2D eigenvalue weighted by Gasteiger charge is -2.34. The van der Waals surface area contributed by atoms with Crippen LogP contribution in [0.25, 0.3) is 0 Å². The number of nitrogens with zero attached hydrogens (tertiary/aromatic N) is 2. The molecule has 1 N–H and O–H groups in total. The summed E-state index contributed by atoms with van der Waals surface area (Å²) in [5.74, 6) is 0.622. The first-order valence-electron chi connectivity index (χ1n) is 15.7. The topological polar surface area (TPSA) is 114 Å². The van der Waals surface area contributed by atoms with Crippen LogP contribution in [0.15, 0.2) is 71.6 Å². The van der Waals surface area contributed by atoms with Crippen molar-refractivity contribution in [3.05, 3.63) is 77.9 Å². The number of hydrogen-bond donors (Lipinski definition) is 1. The molecule has 2 amide bonds. The molecule has 0 bridgehead atoms. The SMILES string of the molecule is CC[C@H](C(=O)NC1CCCCC1)N(Cc1ccc(OC)cc1)C(=O)CN(c1ccc(OC)c(OC)c1)S(=O)(=O)c1ccc(C)cc1. The van der Waals surface area contributed by atoms with E-state index in [9.17, 15) is 18.0 Å². The molecule has 4 rings (SSSR count). The minimum atomic E-state index is -4.23. The van der Waals surface area contributed by atoms with Gasteiger partial charge in [-0.3, -0.25) is 13.9 Å². The van der Waals surface area contributed by atoms with Crippen molar-refractivity contribution in [2.75, 3.05) is 32.2 Å². The molecule has 1 aliphatic rings. The van der Waals surface area contributed by atoms with Gasteiger partial charge in [0.05, 0.1) is 31.9 Å². The average Bonchev–Trinajstić information content (AvgIpc) is 3.07. The van der Waals surface area contributed by atoms with Crippen LogP contribution in [0, 0.1) is 6.92 Å². The van der Waals surface area contributed by atoms with Gasteiger partial charge in [-0.25, -0.2) is 8.42 Å². The zero-order valence-corrected chi connectivity index (χ0v) is 28.1. The Morgan fingerprint density at radius 3 is 2.11 bits per heavy atom. The van der Waals surface area contributed by atoms with Crippen LogP contribution in [-0.2, 0) is 26.2 Å². The largest absolute Gasteiger partial charge is 0.497 e. The second-order valence-electron chi connectivity index (χ2n) is 11.5. The van der Waals surface area contributed by atoms with Gasteiger partial charge >= 0.3 is 0 Å². The maximum absolute atomic E-state index is 14.4. The number of methoxy groups -OCH3 is 3. The number of rotatable bonds is 14. The number of nitrogens with one attached hydrogen (secondary N) is 1. The quantitative estimate of drug-likeness (QED) is 0.246. The predicted molar refractivity (Wildman–Crippen MR) is 178 cm³/mol. The van der Waals surface area contributed by atoms with Crippen molar-refractivity contribution in [2.24, 2.45) is 0 Å². The fourth-order valence-electron chi connectivity index (χ4n) is 5.74. The molecule has 11 heteroatoms. The number of hydrogen-bond acceptors (Lipinski definition) is 7. The van der Waals surface area contributed by atoms with Gasteiger partial charge in [-0.05, 0) is 68.1 Å². The molecule has 0 radical (unpaired) electrons. The molecule has 248 valence electrons. The fourth-order valence-corrected chi connectivity index (χ4v) is 7.14. The second kappa shape index (κ2) is 15.8. The number of amides is 2. The minimum absolute atomic E-state index is 0.0319. The molecule has 0 spiro atoms. The highest BCUT2D eigenvalue weighted by Gasteiger charge is 2.34. The molecule has 0 aromatic heterocycles. The third-order valence-corrected chi connectivity index (χ3v) is 10.2. The van der Waals surface area contributed by atoms with Gasteiger partial charge in [0.2, 0.25) is 11.8 Å². The third kappa shape index (κ3) is 8.31. The Balaban J connectivity index is 1.75. The number of benzene rings is 3. The Labute approximate surface area is 272 Å². The van der Waals surface area contributed by atoms with Crippen LogP contribution >= 0.6 is 0 Å². The molecular formula is C35H45N3O7S. The number of anilines is 1. The van der Waals surface area contributed by atoms with E-state index < -0.39 is 28.5 Å². The van der Waals surface area contributed by atoms with Crippen molar-refractivity contribution in [2.45, 2.75) is 75.9 Å². The molecule has 3 aromatic carbocycles. The van der Waals surface area contributed by atoms with Gasteiger partial charge < -0.3 is 24.4 Å². The van der Waals surface area contributed by atoms with E-state index in [1.807, 2.05) is 26.0 Å². The summed E-state index contributed by atoms with van der Waals surface area (Å²) in [6, 6.07) is 17.6. The van der Waals surface area contributed by atoms with E-state index in [-0.39, 0.29) is 29.1 Å². The first-order chi connectivity index (χ1) is 22.1. The van der Waals surface area contributed by atoms with Crippen LogP contribution in [0.2, 0.25) is 0 Å². The monoisotopic (exact) mass is 651 g/mol. The third-order valence-electron chi connectivity index (χ3n) is 8.39. The van der Waals surface area contributed by atoms with Gasteiger partial charge in [0.1, 0.15) is 18.3 Å². The summed E-state index contributed by atoms with van der Waals surface area (Å²) in [7, 11) is 0.291. The Morgan fingerprint density at radius 2 is 1.52 bits per heavy atom. The Hall–Kier alpha value is -4.25. The second-order valence-corrected chi connectivity index (χ2v) is 13.4. The molecule has 0 aliphatic heterocycles. The van der Waals surface area contributed by atoms with Gasteiger partial charge in [-0.1, -0.05) is 56.0 Å². The molecule has 1 aliphatic carbocycles. The van der Waals surface area contributed by atoms with E-state index in [4.69, 9.17) is 14.2 Å². The Kier molecular flexibility index (Phi) is 11.9. The van der Waals surface area contributed by atoms with Crippen molar-refractivity contribution in [3.63, 3.8) is 0 Å². The van der Waals surface area contributed by atoms with Crippen LogP contribution in [0.1, 0.15) is 56.6 Å². The normalized spacial score (nSPS) is 14.2. The molecular weight excluding hydrogens is 606 g/mol. The highest BCUT2D eigenvalue weighted by molar-refractivity contribution is 7.92. The van der Waals surface area contributed by atoms with Crippen LogP contribution < -0.4 is 23.8 Å². The van der Waals surface area contributed by atoms with Crippen molar-refractivity contribution in [3.8, 4) is 17.2 Å². The summed E-state index contributed by atoms with van der Waals surface area (Å²) < 4.78 is 45.6. The Morgan fingerprint density at radius 1 is 0.870 bits per heavy atom. The lowest BCUT2D eigenvalue weighted by molar-refractivity contribution is -0.140. The molecule has 10 nitrogen and oxygen atoms in total. The molecule has 46 heavy (non-hydrogen) atoms. The molecule has 0 unspecified atom stereocenters. The summed E-state index contributed by atoms with van der Waals surface area (Å²) in [5, 5.41) is 3.17. The smallest absolute Gasteiger partial charge is 0.264 e. The first-order valence-corrected chi connectivity index (χ1v) is 17.1. The Bertz CT molecular complexity index is 1570. The molecule has 1 fully saturated rings. The zero-order chi connectivity index (χ0) is 33.3. The summed E-state index contributed by atoms with van der Waals surface area (Å²) in [6.45, 7) is 3.28. The summed E-state index contributed by atoms with van der Waals surface area (Å²) in [6.07, 6.45) is 5.39. The number of ether oxygens (including phenoxy) is 3. The van der Waals surface area contributed by atoms with Gasteiger partial charge in [0, 0.05) is 18.7 Å². The predicted octanol–water partition coefficient (Wildman–Crippen LogP) is 5.47. The molecule has 3 aromatic rings. The van der Waals surface area contributed by atoms with Crippen molar-refractivity contribution >= 4 is 27.5 Å². The molecule has 1 atom stereocenters. The van der Waals surface area contributed by atoms with Gasteiger partial charge in [-0.2, -0.15) is 0 Å². The average molecular weight is 652 g/mol. The zero-order valence-electron chi connectivity index (χ0n) is 27.3. The van der Waals surface area contributed by atoms with Crippen LogP contribution in [0.5, 0.6) is 17.2 Å². The minimum Gasteiger partial charge on any atom is -0.497 e. The number of sulfonamides is 1. The van der Waals surface area contributed by atoms with E-state index in [2.05, 4.69) is 5.32 Å². The summed E-state index contributed by atoms with van der Waals surface area (Å²) >= 11 is 0. The maximum Gasteiger partial charge on any atom is 0.264 e. The molecule has 0 heterocycles. The van der Waals surface area contributed by atoms with Crippen molar-refractivity contribution in [1.82, 2.24) is 10.2 Å². The molecule has 1 saturated carbocycles. The van der Waals surface area contributed by atoms with Crippen molar-refractivity contribution in [1.29, 1.82) is 0 Å². The first kappa shape index (κ1) is 34.6. The highest BCUT2D eigenvalue weighted by atomic mass is 32.2. The maximum atomic E-state index is 14.4. The van der Waals surface area contributed by atoms with Crippen LogP contribution in [0.4, 0.5) is 5.69 Å². The summed E-state index contributed by atoms with van der Waals surface area (Å²) in [5.41, 5.74) is 1.89. The van der Waals surface area contributed by atoms with Gasteiger partial charge in [0.15, 0.2) is 11.5 Å². The van der Waals surface area contributed by atoms with Crippen LogP contribution in [0.3, 0.4) is 0 Å². The number of carbonyl (C=O) groups is 2. The summed E-state index contributed by atoms with van der Waals surface area (Å²) in [4.78, 5) is 29.7. The lowest BCUT2D eigenvalue weighted by Crippen LogP contribution is -2.54.